The van der Waals surface area contributed by atoms with Crippen molar-refractivity contribution in [2.75, 3.05) is 40.9 Å². The van der Waals surface area contributed by atoms with Crippen molar-refractivity contribution < 1.29 is 14.3 Å². The lowest BCUT2D eigenvalue weighted by molar-refractivity contribution is -0.127. The Hall–Kier alpha value is -2.20. The van der Waals surface area contributed by atoms with Gasteiger partial charge in [-0.25, -0.2) is 14.7 Å². The van der Waals surface area contributed by atoms with Gasteiger partial charge in [0.05, 0.1) is 12.6 Å². The number of fused-ring (bicyclic) bond motifs is 1. The van der Waals surface area contributed by atoms with Gasteiger partial charge in [-0.2, -0.15) is 5.10 Å². The van der Waals surface area contributed by atoms with Crippen molar-refractivity contribution in [3.63, 3.8) is 0 Å². The number of hydrogen-bond acceptors (Lipinski definition) is 6. The number of rotatable bonds is 7. The lowest BCUT2D eigenvalue weighted by atomic mass is 10.1. The molecule has 0 radical (unpaired) electrons. The minimum atomic E-state index is -0.0374. The van der Waals surface area contributed by atoms with Gasteiger partial charge in [0.15, 0.2) is 11.8 Å². The molecule has 0 saturated carbocycles. The largest absolute Gasteiger partial charge is 0.377 e. The smallest absolute Gasteiger partial charge is 0.243 e. The maximum atomic E-state index is 11.9. The van der Waals surface area contributed by atoms with Crippen molar-refractivity contribution in [1.82, 2.24) is 30.3 Å². The summed E-state index contributed by atoms with van der Waals surface area (Å²) in [7, 11) is 5.10. The van der Waals surface area contributed by atoms with Crippen LogP contribution in [-0.2, 0) is 33.8 Å². The average Bonchev–Trinajstić information content (AvgIpc) is 3.32. The summed E-state index contributed by atoms with van der Waals surface area (Å²) in [5, 5.41) is 11.3. The summed E-state index contributed by atoms with van der Waals surface area (Å²) < 4.78 is 12.7. The third-order valence-electron chi connectivity index (χ3n) is 4.91. The lowest BCUT2D eigenvalue weighted by Crippen LogP contribution is -2.49. The van der Waals surface area contributed by atoms with Crippen LogP contribution in [-0.4, -0.2) is 84.6 Å². The Kier molecular flexibility index (Phi) is 7.21. The first kappa shape index (κ1) is 20.5. The SMILES string of the molecule is COCc1nc2n(n1)CC(NC(=NCC(=O)N(C)C)NCC1CCCO1)CC2. The molecule has 1 aromatic heterocycles. The van der Waals surface area contributed by atoms with E-state index in [9.17, 15) is 4.79 Å². The molecule has 0 spiro atoms. The summed E-state index contributed by atoms with van der Waals surface area (Å²) in [6, 6.07) is 0.162. The molecule has 10 nitrogen and oxygen atoms in total. The van der Waals surface area contributed by atoms with Gasteiger partial charge in [-0.05, 0) is 19.3 Å². The van der Waals surface area contributed by atoms with Crippen LogP contribution in [0.25, 0.3) is 0 Å². The number of ether oxygens (including phenoxy) is 2. The summed E-state index contributed by atoms with van der Waals surface area (Å²) in [4.78, 5) is 22.5. The molecule has 2 atom stereocenters. The van der Waals surface area contributed by atoms with E-state index in [0.717, 1.165) is 38.1 Å². The number of aromatic nitrogens is 3. The quantitative estimate of drug-likeness (QED) is 0.477. The molecular formula is C18H31N7O3. The maximum Gasteiger partial charge on any atom is 0.243 e. The van der Waals surface area contributed by atoms with E-state index in [2.05, 4.69) is 25.7 Å². The number of amides is 1. The number of aliphatic imine (C=N–C) groups is 1. The zero-order chi connectivity index (χ0) is 19.9. The Morgan fingerprint density at radius 3 is 3.00 bits per heavy atom. The van der Waals surface area contributed by atoms with E-state index in [-0.39, 0.29) is 24.6 Å². The molecule has 2 unspecified atom stereocenters. The molecular weight excluding hydrogens is 362 g/mol. The zero-order valence-corrected chi connectivity index (χ0v) is 17.0. The van der Waals surface area contributed by atoms with Gasteiger partial charge in [-0.15, -0.1) is 0 Å². The summed E-state index contributed by atoms with van der Waals surface area (Å²) in [6.45, 7) is 2.72. The number of guanidine groups is 1. The van der Waals surface area contributed by atoms with E-state index in [1.165, 1.54) is 0 Å². The number of nitrogens with one attached hydrogen (secondary N) is 2. The van der Waals surface area contributed by atoms with Gasteiger partial charge >= 0.3 is 0 Å². The number of aryl methyl sites for hydroxylation is 1. The molecule has 28 heavy (non-hydrogen) atoms. The molecule has 1 aromatic rings. The number of hydrogen-bond donors (Lipinski definition) is 2. The molecule has 1 fully saturated rings. The van der Waals surface area contributed by atoms with E-state index in [0.29, 0.717) is 31.5 Å². The van der Waals surface area contributed by atoms with Crippen molar-refractivity contribution in [2.24, 2.45) is 4.99 Å². The minimum absolute atomic E-state index is 0.0374. The average molecular weight is 393 g/mol. The van der Waals surface area contributed by atoms with E-state index in [1.807, 2.05) is 4.68 Å². The summed E-state index contributed by atoms with van der Waals surface area (Å²) in [5.41, 5.74) is 0. The van der Waals surface area contributed by atoms with Crippen LogP contribution in [0.4, 0.5) is 0 Å². The first-order chi connectivity index (χ1) is 13.5. The predicted octanol–water partition coefficient (Wildman–Crippen LogP) is -0.458. The van der Waals surface area contributed by atoms with Crippen molar-refractivity contribution in [2.45, 2.75) is 51.0 Å². The van der Waals surface area contributed by atoms with Crippen LogP contribution < -0.4 is 10.6 Å². The molecule has 3 rings (SSSR count). The fourth-order valence-electron chi connectivity index (χ4n) is 3.32. The second kappa shape index (κ2) is 9.83. The molecule has 0 aliphatic carbocycles. The third-order valence-corrected chi connectivity index (χ3v) is 4.91. The molecule has 3 heterocycles. The van der Waals surface area contributed by atoms with E-state index in [4.69, 9.17) is 9.47 Å². The first-order valence-electron chi connectivity index (χ1n) is 9.83. The second-order valence-electron chi connectivity index (χ2n) is 7.41. The van der Waals surface area contributed by atoms with Gasteiger partial charge in [0, 0.05) is 46.8 Å². The Morgan fingerprint density at radius 1 is 1.43 bits per heavy atom. The second-order valence-corrected chi connectivity index (χ2v) is 7.41. The molecule has 2 aliphatic heterocycles. The predicted molar refractivity (Wildman–Crippen MR) is 104 cm³/mol. The van der Waals surface area contributed by atoms with Crippen LogP contribution >= 0.6 is 0 Å². The van der Waals surface area contributed by atoms with Gasteiger partial charge in [0.25, 0.3) is 0 Å². The highest BCUT2D eigenvalue weighted by Gasteiger charge is 2.23. The third kappa shape index (κ3) is 5.65. The normalized spacial score (nSPS) is 22.0. The lowest BCUT2D eigenvalue weighted by Gasteiger charge is -2.26. The van der Waals surface area contributed by atoms with E-state index >= 15 is 0 Å². The standard InChI is InChI=1S/C18H31N7O3/c1-24(2)17(26)10-20-18(19-9-14-5-4-8-28-14)21-13-6-7-16-22-15(12-27-3)23-25(16)11-13/h13-14H,4-12H2,1-3H3,(H2,19,20,21). The van der Waals surface area contributed by atoms with Gasteiger partial charge in [-0.3, -0.25) is 4.79 Å². The molecule has 10 heteroatoms. The molecule has 156 valence electrons. The Balaban J connectivity index is 1.60. The Bertz CT molecular complexity index is 683. The highest BCUT2D eigenvalue weighted by Crippen LogP contribution is 2.14. The van der Waals surface area contributed by atoms with E-state index in [1.54, 1.807) is 26.1 Å². The Morgan fingerprint density at radius 2 is 2.29 bits per heavy atom. The number of carbonyl (C=O) groups excluding carboxylic acids is 1. The highest BCUT2D eigenvalue weighted by molar-refractivity contribution is 5.84. The van der Waals surface area contributed by atoms with Gasteiger partial charge in [-0.1, -0.05) is 0 Å². The number of nitrogens with zero attached hydrogens (tertiary/aromatic N) is 5. The topological polar surface area (TPSA) is 106 Å². The summed E-state index contributed by atoms with van der Waals surface area (Å²) in [5.74, 6) is 2.29. The highest BCUT2D eigenvalue weighted by atomic mass is 16.5. The van der Waals surface area contributed by atoms with Gasteiger partial charge in [0.2, 0.25) is 5.91 Å². The Labute approximate surface area is 165 Å². The van der Waals surface area contributed by atoms with Crippen molar-refractivity contribution >= 4 is 11.9 Å². The maximum absolute atomic E-state index is 11.9. The van der Waals surface area contributed by atoms with Crippen LogP contribution in [0.15, 0.2) is 4.99 Å². The van der Waals surface area contributed by atoms with Crippen molar-refractivity contribution in [1.29, 1.82) is 0 Å². The fourth-order valence-corrected chi connectivity index (χ4v) is 3.32. The number of methoxy groups -OCH3 is 1. The zero-order valence-electron chi connectivity index (χ0n) is 17.0. The van der Waals surface area contributed by atoms with E-state index < -0.39 is 0 Å². The summed E-state index contributed by atoms with van der Waals surface area (Å²) in [6.07, 6.45) is 4.09. The first-order valence-corrected chi connectivity index (χ1v) is 9.83. The van der Waals surface area contributed by atoms with Crippen LogP contribution in [0.3, 0.4) is 0 Å². The van der Waals surface area contributed by atoms with Gasteiger partial charge in [0.1, 0.15) is 19.0 Å². The van der Waals surface area contributed by atoms with Crippen LogP contribution in [0.5, 0.6) is 0 Å². The molecule has 0 bridgehead atoms. The van der Waals surface area contributed by atoms with Crippen LogP contribution in [0.1, 0.15) is 30.9 Å². The summed E-state index contributed by atoms with van der Waals surface area (Å²) >= 11 is 0. The number of likely N-dealkylation sites (N-methyl/N-ethyl adjacent to an activating group) is 1. The van der Waals surface area contributed by atoms with Crippen molar-refractivity contribution in [3.8, 4) is 0 Å². The van der Waals surface area contributed by atoms with Crippen molar-refractivity contribution in [3.05, 3.63) is 11.6 Å². The molecule has 0 aromatic carbocycles. The molecule has 1 saturated heterocycles. The van der Waals surface area contributed by atoms with Gasteiger partial charge < -0.3 is 25.0 Å². The molecule has 2 N–H and O–H groups in total. The van der Waals surface area contributed by atoms with Crippen LogP contribution in [0, 0.1) is 0 Å². The molecule has 2 aliphatic rings. The minimum Gasteiger partial charge on any atom is -0.377 e. The van der Waals surface area contributed by atoms with Crippen LogP contribution in [0.2, 0.25) is 0 Å². The molecule has 1 amide bonds. The fraction of sp³-hybridized carbons (Fsp3) is 0.778. The number of carbonyl (C=O) groups is 1. The monoisotopic (exact) mass is 393 g/mol.